The lowest BCUT2D eigenvalue weighted by atomic mass is 10.2. The van der Waals surface area contributed by atoms with Gasteiger partial charge in [0.2, 0.25) is 0 Å². The molecule has 0 amide bonds. The van der Waals surface area contributed by atoms with Crippen molar-refractivity contribution in [1.82, 2.24) is 5.32 Å². The molecule has 0 saturated heterocycles. The molecule has 0 bridgehead atoms. The summed E-state index contributed by atoms with van der Waals surface area (Å²) >= 11 is 0. The van der Waals surface area contributed by atoms with Crippen LogP contribution < -0.4 is 10.1 Å². The van der Waals surface area contributed by atoms with Gasteiger partial charge in [-0.2, -0.15) is 0 Å². The number of benzene rings is 1. The smallest absolute Gasteiger partial charge is 0.150 e. The lowest BCUT2D eigenvalue weighted by Crippen LogP contribution is -2.19. The van der Waals surface area contributed by atoms with Crippen LogP contribution in [-0.2, 0) is 21.1 Å². The van der Waals surface area contributed by atoms with Gasteiger partial charge in [-0.3, -0.25) is 0 Å². The number of rotatable bonds is 11. The molecule has 5 nitrogen and oxygen atoms in total. The average Bonchev–Trinajstić information content (AvgIpc) is 2.49. The molecular weight excluding hydrogens is 290 g/mol. The van der Waals surface area contributed by atoms with E-state index in [1.54, 1.807) is 14.0 Å². The molecule has 0 aliphatic heterocycles. The molecule has 21 heavy (non-hydrogen) atoms. The predicted molar refractivity (Wildman–Crippen MR) is 84.5 cm³/mol. The summed E-state index contributed by atoms with van der Waals surface area (Å²) in [5.41, 5.74) is 1.06. The quantitative estimate of drug-likeness (QED) is 0.629. The Morgan fingerprint density at radius 3 is 2.67 bits per heavy atom. The van der Waals surface area contributed by atoms with Gasteiger partial charge >= 0.3 is 0 Å². The largest absolute Gasteiger partial charge is 0.493 e. The molecule has 0 aromatic heterocycles. The Hall–Kier alpha value is -1.11. The average molecular weight is 315 g/mol. The number of para-hydroxylation sites is 1. The molecule has 0 radical (unpaired) electrons. The molecule has 1 N–H and O–H groups in total. The van der Waals surface area contributed by atoms with Crippen LogP contribution in [0.2, 0.25) is 0 Å². The molecule has 0 aliphatic rings. The van der Waals surface area contributed by atoms with Crippen LogP contribution in [0.25, 0.3) is 0 Å². The molecule has 0 spiro atoms. The van der Waals surface area contributed by atoms with Gasteiger partial charge in [-0.25, -0.2) is 8.42 Å². The van der Waals surface area contributed by atoms with Crippen LogP contribution in [0, 0.1) is 0 Å². The Bertz CT molecular complexity index is 502. The summed E-state index contributed by atoms with van der Waals surface area (Å²) in [7, 11) is -1.24. The van der Waals surface area contributed by atoms with Gasteiger partial charge in [0.1, 0.15) is 15.6 Å². The Morgan fingerprint density at radius 2 is 1.95 bits per heavy atom. The number of hydrogen-bond donors (Lipinski definition) is 1. The van der Waals surface area contributed by atoms with Gasteiger partial charge in [-0.15, -0.1) is 0 Å². The maximum atomic E-state index is 11.4. The van der Waals surface area contributed by atoms with E-state index in [0.717, 1.165) is 17.9 Å². The molecule has 0 heterocycles. The zero-order chi connectivity index (χ0) is 15.6. The number of sulfone groups is 1. The fourth-order valence-electron chi connectivity index (χ4n) is 1.79. The summed E-state index contributed by atoms with van der Waals surface area (Å²) in [6.45, 7) is 4.22. The van der Waals surface area contributed by atoms with E-state index in [1.807, 2.05) is 24.3 Å². The molecule has 0 fully saturated rings. The van der Waals surface area contributed by atoms with Gasteiger partial charge in [0, 0.05) is 31.5 Å². The lowest BCUT2D eigenvalue weighted by Gasteiger charge is -2.12. The first kappa shape index (κ1) is 17.9. The summed E-state index contributed by atoms with van der Waals surface area (Å²) in [6.07, 6.45) is 0.515. The van der Waals surface area contributed by atoms with Crippen LogP contribution in [0.1, 0.15) is 18.9 Å². The Balaban J connectivity index is 2.40. The number of nitrogens with one attached hydrogen (secondary N) is 1. The van der Waals surface area contributed by atoms with E-state index in [1.165, 1.54) is 0 Å². The molecule has 6 heteroatoms. The van der Waals surface area contributed by atoms with E-state index < -0.39 is 9.84 Å². The van der Waals surface area contributed by atoms with Crippen LogP contribution in [0.15, 0.2) is 24.3 Å². The zero-order valence-electron chi connectivity index (χ0n) is 12.8. The minimum absolute atomic E-state index is 0.178. The van der Waals surface area contributed by atoms with E-state index in [2.05, 4.69) is 5.32 Å². The van der Waals surface area contributed by atoms with Gasteiger partial charge in [-0.1, -0.05) is 25.1 Å². The van der Waals surface area contributed by atoms with Crippen LogP contribution in [0.5, 0.6) is 5.75 Å². The van der Waals surface area contributed by atoms with E-state index in [9.17, 15) is 8.42 Å². The zero-order valence-corrected chi connectivity index (χ0v) is 13.6. The second-order valence-corrected chi connectivity index (χ2v) is 7.19. The van der Waals surface area contributed by atoms with E-state index >= 15 is 0 Å². The summed E-state index contributed by atoms with van der Waals surface area (Å²) in [5.74, 6) is 1.17. The van der Waals surface area contributed by atoms with Gasteiger partial charge < -0.3 is 14.8 Å². The van der Waals surface area contributed by atoms with Crippen molar-refractivity contribution in [2.45, 2.75) is 19.9 Å². The molecule has 0 aliphatic carbocycles. The minimum Gasteiger partial charge on any atom is -0.493 e. The first-order chi connectivity index (χ1) is 10.1. The first-order valence-electron chi connectivity index (χ1n) is 7.20. The van der Waals surface area contributed by atoms with Gasteiger partial charge in [0.15, 0.2) is 0 Å². The topological polar surface area (TPSA) is 64.6 Å². The third-order valence-electron chi connectivity index (χ3n) is 3.07. The Kier molecular flexibility index (Phi) is 8.34. The Morgan fingerprint density at radius 1 is 1.19 bits per heavy atom. The van der Waals surface area contributed by atoms with Crippen molar-refractivity contribution in [3.8, 4) is 5.75 Å². The fraction of sp³-hybridized carbons (Fsp3) is 0.600. The number of ether oxygens (including phenoxy) is 2. The maximum Gasteiger partial charge on any atom is 0.150 e. The second kappa shape index (κ2) is 9.76. The standard InChI is InChI=1S/C15H25NO4S/c1-3-21(17,18)12-6-10-20-15-8-5-4-7-14(15)13-16-9-11-19-2/h4-5,7-8,16H,3,6,9-13H2,1-2H3. The van der Waals surface area contributed by atoms with E-state index in [-0.39, 0.29) is 11.5 Å². The fourth-order valence-corrected chi connectivity index (χ4v) is 2.64. The van der Waals surface area contributed by atoms with Crippen molar-refractivity contribution in [3.63, 3.8) is 0 Å². The maximum absolute atomic E-state index is 11.4. The minimum atomic E-state index is -2.91. The van der Waals surface area contributed by atoms with Crippen molar-refractivity contribution < 1.29 is 17.9 Å². The number of hydrogen-bond acceptors (Lipinski definition) is 5. The summed E-state index contributed by atoms with van der Waals surface area (Å²) in [4.78, 5) is 0. The predicted octanol–water partition coefficient (Wildman–Crippen LogP) is 1.63. The third kappa shape index (κ3) is 7.45. The molecule has 1 rings (SSSR count). The highest BCUT2D eigenvalue weighted by Crippen LogP contribution is 2.17. The first-order valence-corrected chi connectivity index (χ1v) is 9.02. The SMILES string of the molecule is CCS(=O)(=O)CCCOc1ccccc1CNCCOC. The van der Waals surface area contributed by atoms with Crippen LogP contribution >= 0.6 is 0 Å². The molecule has 1 aromatic rings. The monoisotopic (exact) mass is 315 g/mol. The molecule has 0 atom stereocenters. The normalized spacial score (nSPS) is 11.5. The molecule has 0 unspecified atom stereocenters. The highest BCUT2D eigenvalue weighted by atomic mass is 32.2. The number of methoxy groups -OCH3 is 1. The van der Waals surface area contributed by atoms with Crippen LogP contribution in [0.3, 0.4) is 0 Å². The summed E-state index contributed by atoms with van der Waals surface area (Å²) < 4.78 is 33.5. The van der Waals surface area contributed by atoms with Gasteiger partial charge in [0.25, 0.3) is 0 Å². The van der Waals surface area contributed by atoms with Crippen molar-refractivity contribution in [2.24, 2.45) is 0 Å². The van der Waals surface area contributed by atoms with E-state index in [0.29, 0.717) is 26.2 Å². The Labute approximate surface area is 127 Å². The van der Waals surface area contributed by atoms with Crippen molar-refractivity contribution in [2.75, 3.05) is 38.4 Å². The van der Waals surface area contributed by atoms with Gasteiger partial charge in [-0.05, 0) is 12.5 Å². The van der Waals surface area contributed by atoms with Crippen molar-refractivity contribution in [3.05, 3.63) is 29.8 Å². The van der Waals surface area contributed by atoms with Crippen LogP contribution in [-0.4, -0.2) is 46.8 Å². The lowest BCUT2D eigenvalue weighted by molar-refractivity contribution is 0.199. The molecule has 1 aromatic carbocycles. The second-order valence-electron chi connectivity index (χ2n) is 4.72. The summed E-state index contributed by atoms with van der Waals surface area (Å²) in [5, 5.41) is 3.27. The molecule has 120 valence electrons. The van der Waals surface area contributed by atoms with E-state index in [4.69, 9.17) is 9.47 Å². The highest BCUT2D eigenvalue weighted by molar-refractivity contribution is 7.91. The van der Waals surface area contributed by atoms with Crippen LogP contribution in [0.4, 0.5) is 0 Å². The molecular formula is C15H25NO4S. The highest BCUT2D eigenvalue weighted by Gasteiger charge is 2.07. The van der Waals surface area contributed by atoms with Crippen molar-refractivity contribution in [1.29, 1.82) is 0 Å². The van der Waals surface area contributed by atoms with Gasteiger partial charge in [0.05, 0.1) is 19.0 Å². The third-order valence-corrected chi connectivity index (χ3v) is 4.86. The van der Waals surface area contributed by atoms with Crippen molar-refractivity contribution >= 4 is 9.84 Å². The summed E-state index contributed by atoms with van der Waals surface area (Å²) in [6, 6.07) is 7.78. The molecule has 0 saturated carbocycles.